The van der Waals surface area contributed by atoms with Gasteiger partial charge in [-0.1, -0.05) is 15.9 Å². The molecular weight excluding hydrogens is 325 g/mol. The highest BCUT2D eigenvalue weighted by Crippen LogP contribution is 2.17. The van der Waals surface area contributed by atoms with Gasteiger partial charge in [0, 0.05) is 36.2 Å². The average molecular weight is 340 g/mol. The Morgan fingerprint density at radius 3 is 2.55 bits per heavy atom. The first-order valence-electron chi connectivity index (χ1n) is 6.40. The van der Waals surface area contributed by atoms with Gasteiger partial charge in [-0.15, -0.1) is 0 Å². The summed E-state index contributed by atoms with van der Waals surface area (Å²) in [4.78, 5) is 16.0. The predicted octanol–water partition coefficient (Wildman–Crippen LogP) is 2.26. The molecule has 1 heterocycles. The van der Waals surface area contributed by atoms with E-state index in [1.165, 1.54) is 12.1 Å². The van der Waals surface area contributed by atoms with Crippen molar-refractivity contribution in [1.82, 2.24) is 9.80 Å². The van der Waals surface area contributed by atoms with Crippen LogP contribution in [0.25, 0.3) is 0 Å². The van der Waals surface area contributed by atoms with Crippen LogP contribution in [0.15, 0.2) is 22.7 Å². The van der Waals surface area contributed by atoms with E-state index in [4.69, 9.17) is 5.26 Å². The van der Waals surface area contributed by atoms with Gasteiger partial charge in [-0.3, -0.25) is 9.69 Å². The molecule has 0 N–H and O–H groups in total. The highest BCUT2D eigenvalue weighted by molar-refractivity contribution is 9.10. The number of hydrogen-bond acceptors (Lipinski definition) is 3. The molecule has 1 aromatic rings. The van der Waals surface area contributed by atoms with Crippen LogP contribution in [-0.4, -0.2) is 47.9 Å². The van der Waals surface area contributed by atoms with Crippen LogP contribution >= 0.6 is 15.9 Å². The van der Waals surface area contributed by atoms with Crippen molar-refractivity contribution in [2.24, 2.45) is 0 Å². The van der Waals surface area contributed by atoms with Crippen LogP contribution in [0.4, 0.5) is 4.39 Å². The number of rotatable bonds is 2. The highest BCUT2D eigenvalue weighted by atomic mass is 79.9. The van der Waals surface area contributed by atoms with Gasteiger partial charge in [0.1, 0.15) is 5.82 Å². The number of benzene rings is 1. The highest BCUT2D eigenvalue weighted by Gasteiger charge is 2.24. The van der Waals surface area contributed by atoms with Gasteiger partial charge in [0.25, 0.3) is 5.91 Å². The minimum Gasteiger partial charge on any atom is -0.336 e. The first kappa shape index (κ1) is 14.9. The Morgan fingerprint density at radius 1 is 1.35 bits per heavy atom. The molecule has 0 spiro atoms. The summed E-state index contributed by atoms with van der Waals surface area (Å²) in [7, 11) is 0. The van der Waals surface area contributed by atoms with Gasteiger partial charge >= 0.3 is 0 Å². The number of carbonyl (C=O) groups is 1. The quantitative estimate of drug-likeness (QED) is 0.830. The first-order chi connectivity index (χ1) is 9.51. The molecule has 1 atom stereocenters. The standard InChI is InChI=1S/C14H15BrFN3O/c1-10(9-17)18-2-4-19(5-3-18)14(20)11-6-12(15)8-13(16)7-11/h6-8,10H,2-5H2,1H3. The van der Waals surface area contributed by atoms with Crippen LogP contribution in [0.1, 0.15) is 17.3 Å². The second kappa shape index (κ2) is 6.33. The topological polar surface area (TPSA) is 47.3 Å². The van der Waals surface area contributed by atoms with E-state index in [1.807, 2.05) is 11.8 Å². The van der Waals surface area contributed by atoms with Crippen LogP contribution in [0, 0.1) is 17.1 Å². The summed E-state index contributed by atoms with van der Waals surface area (Å²) in [5.41, 5.74) is 0.346. The lowest BCUT2D eigenvalue weighted by Gasteiger charge is -2.35. The Labute approximate surface area is 125 Å². The number of nitrogens with zero attached hydrogens (tertiary/aromatic N) is 3. The number of halogens is 2. The Bertz CT molecular complexity index is 530. The maximum Gasteiger partial charge on any atom is 0.254 e. The molecule has 4 nitrogen and oxygen atoms in total. The summed E-state index contributed by atoms with van der Waals surface area (Å²) in [6, 6.07) is 6.24. The molecule has 2 rings (SSSR count). The van der Waals surface area contributed by atoms with Crippen molar-refractivity contribution in [3.63, 3.8) is 0 Å². The third-order valence-corrected chi connectivity index (χ3v) is 3.90. The minimum absolute atomic E-state index is 0.143. The molecule has 106 valence electrons. The van der Waals surface area contributed by atoms with Crippen LogP contribution < -0.4 is 0 Å². The molecule has 1 amide bonds. The monoisotopic (exact) mass is 339 g/mol. The predicted molar refractivity (Wildman–Crippen MR) is 76.7 cm³/mol. The maximum atomic E-state index is 13.3. The summed E-state index contributed by atoms with van der Waals surface area (Å²) in [6.07, 6.45) is 0. The Balaban J connectivity index is 2.03. The number of piperazine rings is 1. The van der Waals surface area contributed by atoms with E-state index in [-0.39, 0.29) is 11.9 Å². The lowest BCUT2D eigenvalue weighted by molar-refractivity contribution is 0.0615. The lowest BCUT2D eigenvalue weighted by Crippen LogP contribution is -2.51. The molecule has 1 aromatic carbocycles. The molecule has 0 aromatic heterocycles. The summed E-state index contributed by atoms with van der Waals surface area (Å²) in [5, 5.41) is 8.88. The minimum atomic E-state index is -0.431. The van der Waals surface area contributed by atoms with Gasteiger partial charge in [0.15, 0.2) is 0 Å². The zero-order chi connectivity index (χ0) is 14.7. The molecule has 1 unspecified atom stereocenters. The summed E-state index contributed by atoms with van der Waals surface area (Å²) in [6.45, 7) is 4.28. The molecule has 0 radical (unpaired) electrons. The van der Waals surface area contributed by atoms with Gasteiger partial charge in [-0.05, 0) is 25.1 Å². The van der Waals surface area contributed by atoms with Gasteiger partial charge < -0.3 is 4.90 Å². The SMILES string of the molecule is CC(C#N)N1CCN(C(=O)c2cc(F)cc(Br)c2)CC1. The number of amides is 1. The molecular formula is C14H15BrFN3O. The van der Waals surface area contributed by atoms with Crippen LogP contribution in [0.3, 0.4) is 0 Å². The Hall–Kier alpha value is -1.45. The van der Waals surface area contributed by atoms with Gasteiger partial charge in [0.05, 0.1) is 12.1 Å². The smallest absolute Gasteiger partial charge is 0.254 e. The van der Waals surface area contributed by atoms with E-state index in [9.17, 15) is 9.18 Å². The van der Waals surface area contributed by atoms with Crippen molar-refractivity contribution in [2.75, 3.05) is 26.2 Å². The van der Waals surface area contributed by atoms with E-state index in [1.54, 1.807) is 11.0 Å². The van der Waals surface area contributed by atoms with Crippen molar-refractivity contribution in [3.05, 3.63) is 34.1 Å². The maximum absolute atomic E-state index is 13.3. The number of hydrogen-bond donors (Lipinski definition) is 0. The molecule has 1 fully saturated rings. The Morgan fingerprint density at radius 2 is 2.00 bits per heavy atom. The van der Waals surface area contributed by atoms with E-state index >= 15 is 0 Å². The molecule has 1 aliphatic rings. The largest absolute Gasteiger partial charge is 0.336 e. The average Bonchev–Trinajstić information content (AvgIpc) is 2.45. The van der Waals surface area contributed by atoms with Gasteiger partial charge in [0.2, 0.25) is 0 Å². The van der Waals surface area contributed by atoms with Crippen LogP contribution in [0.5, 0.6) is 0 Å². The van der Waals surface area contributed by atoms with Gasteiger partial charge in [-0.25, -0.2) is 4.39 Å². The van der Waals surface area contributed by atoms with Crippen molar-refractivity contribution in [1.29, 1.82) is 5.26 Å². The second-order valence-electron chi connectivity index (χ2n) is 4.79. The van der Waals surface area contributed by atoms with E-state index in [0.717, 1.165) is 0 Å². The second-order valence-corrected chi connectivity index (χ2v) is 5.71. The van der Waals surface area contributed by atoms with E-state index in [0.29, 0.717) is 36.2 Å². The fourth-order valence-corrected chi connectivity index (χ4v) is 2.72. The zero-order valence-corrected chi connectivity index (χ0v) is 12.7. The zero-order valence-electron chi connectivity index (χ0n) is 11.1. The third-order valence-electron chi connectivity index (χ3n) is 3.45. The normalized spacial score (nSPS) is 17.6. The lowest BCUT2D eigenvalue weighted by atomic mass is 10.1. The first-order valence-corrected chi connectivity index (χ1v) is 7.19. The fraction of sp³-hybridized carbons (Fsp3) is 0.429. The van der Waals surface area contributed by atoms with E-state index < -0.39 is 5.82 Å². The number of nitriles is 1. The summed E-state index contributed by atoms with van der Waals surface area (Å²) >= 11 is 3.19. The Kier molecular flexibility index (Phi) is 4.73. The van der Waals surface area contributed by atoms with Gasteiger partial charge in [-0.2, -0.15) is 5.26 Å². The summed E-state index contributed by atoms with van der Waals surface area (Å²) in [5.74, 6) is -0.603. The van der Waals surface area contributed by atoms with Crippen molar-refractivity contribution >= 4 is 21.8 Å². The molecule has 6 heteroatoms. The molecule has 0 saturated carbocycles. The summed E-state index contributed by atoms with van der Waals surface area (Å²) < 4.78 is 13.9. The molecule has 0 aliphatic carbocycles. The molecule has 1 aliphatic heterocycles. The molecule has 20 heavy (non-hydrogen) atoms. The molecule has 1 saturated heterocycles. The third kappa shape index (κ3) is 3.35. The van der Waals surface area contributed by atoms with Crippen LogP contribution in [0.2, 0.25) is 0 Å². The van der Waals surface area contributed by atoms with Crippen molar-refractivity contribution < 1.29 is 9.18 Å². The van der Waals surface area contributed by atoms with E-state index in [2.05, 4.69) is 22.0 Å². The van der Waals surface area contributed by atoms with Crippen LogP contribution in [-0.2, 0) is 0 Å². The fourth-order valence-electron chi connectivity index (χ4n) is 2.25. The van der Waals surface area contributed by atoms with Crippen molar-refractivity contribution in [3.8, 4) is 6.07 Å². The molecule has 0 bridgehead atoms. The number of carbonyl (C=O) groups excluding carboxylic acids is 1. The van der Waals surface area contributed by atoms with Crippen molar-refractivity contribution in [2.45, 2.75) is 13.0 Å².